The van der Waals surface area contributed by atoms with Crippen molar-refractivity contribution in [1.29, 1.82) is 0 Å². The third-order valence-corrected chi connectivity index (χ3v) is 3.30. The number of piperidine rings is 1. The van der Waals surface area contributed by atoms with Gasteiger partial charge in [0.25, 0.3) is 5.91 Å². The van der Waals surface area contributed by atoms with Gasteiger partial charge in [0.1, 0.15) is 0 Å². The number of amides is 1. The molecule has 6 nitrogen and oxygen atoms in total. The van der Waals surface area contributed by atoms with E-state index >= 15 is 0 Å². The Kier molecular flexibility index (Phi) is 2.62. The topological polar surface area (TPSA) is 70.5 Å². The van der Waals surface area contributed by atoms with Crippen LogP contribution in [0.2, 0.25) is 0 Å². The maximum absolute atomic E-state index is 12.3. The molecule has 1 fully saturated rings. The third kappa shape index (κ3) is 1.79. The summed E-state index contributed by atoms with van der Waals surface area (Å²) in [6.45, 7) is 1.61. The lowest BCUT2D eigenvalue weighted by atomic mass is 10.1. The normalized spacial score (nSPS) is 16.1. The highest BCUT2D eigenvalue weighted by Gasteiger charge is 2.18. The largest absolute Gasteiger partial charge is 0.347 e. The number of pyridine rings is 1. The molecule has 0 aliphatic carbocycles. The predicted octanol–water partition coefficient (Wildman–Crippen LogP) is 0.649. The fourth-order valence-electron chi connectivity index (χ4n) is 2.31. The zero-order chi connectivity index (χ0) is 12.5. The molecule has 1 amide bonds. The van der Waals surface area contributed by atoms with Gasteiger partial charge in [0, 0.05) is 19.3 Å². The van der Waals surface area contributed by atoms with Gasteiger partial charge in [0.2, 0.25) is 0 Å². The van der Waals surface area contributed by atoms with Gasteiger partial charge in [-0.1, -0.05) is 0 Å². The van der Waals surface area contributed by atoms with Crippen molar-refractivity contribution in [3.8, 4) is 0 Å². The van der Waals surface area contributed by atoms with Crippen molar-refractivity contribution < 1.29 is 4.79 Å². The molecule has 2 aromatic rings. The predicted molar refractivity (Wildman–Crippen MR) is 65.6 cm³/mol. The minimum atomic E-state index is -0.321. The summed E-state index contributed by atoms with van der Waals surface area (Å²) < 4.78 is 1.36. The van der Waals surface area contributed by atoms with Crippen LogP contribution in [0.3, 0.4) is 0 Å². The molecule has 1 N–H and O–H groups in total. The molecule has 3 heterocycles. The Morgan fingerprint density at radius 3 is 2.78 bits per heavy atom. The van der Waals surface area contributed by atoms with Crippen molar-refractivity contribution in [2.75, 3.05) is 13.1 Å². The SMILES string of the molecule is O=C(c1ccc2n[nH]c(=O)n2c1)N1CCCCC1. The summed E-state index contributed by atoms with van der Waals surface area (Å²) in [5, 5.41) is 6.19. The number of rotatable bonds is 1. The zero-order valence-corrected chi connectivity index (χ0v) is 9.93. The Morgan fingerprint density at radius 2 is 2.00 bits per heavy atom. The molecule has 94 valence electrons. The maximum atomic E-state index is 12.3. The van der Waals surface area contributed by atoms with E-state index in [9.17, 15) is 9.59 Å². The molecule has 0 spiro atoms. The number of H-pyrrole nitrogens is 1. The summed E-state index contributed by atoms with van der Waals surface area (Å²) in [4.78, 5) is 25.5. The number of aromatic amines is 1. The van der Waals surface area contributed by atoms with E-state index in [1.165, 1.54) is 10.8 Å². The average Bonchev–Trinajstić information content (AvgIpc) is 2.80. The van der Waals surface area contributed by atoms with Crippen LogP contribution in [0.25, 0.3) is 5.65 Å². The van der Waals surface area contributed by atoms with Crippen molar-refractivity contribution in [3.63, 3.8) is 0 Å². The molecule has 3 rings (SSSR count). The first-order valence-electron chi connectivity index (χ1n) is 6.12. The number of nitrogens with zero attached hydrogens (tertiary/aromatic N) is 3. The summed E-state index contributed by atoms with van der Waals surface area (Å²) in [6, 6.07) is 3.39. The summed E-state index contributed by atoms with van der Waals surface area (Å²) in [5.74, 6) is -0.00954. The first-order chi connectivity index (χ1) is 8.75. The smallest absolute Gasteiger partial charge is 0.339 e. The van der Waals surface area contributed by atoms with Crippen molar-refractivity contribution >= 4 is 11.6 Å². The first kappa shape index (κ1) is 11.0. The van der Waals surface area contributed by atoms with Crippen molar-refractivity contribution in [3.05, 3.63) is 34.4 Å². The standard InChI is InChI=1S/C12H14N4O2/c17-11(15-6-2-1-3-7-15)9-4-5-10-13-14-12(18)16(10)8-9/h4-5,8H,1-3,6-7H2,(H,14,18). The van der Waals surface area contributed by atoms with Crippen LogP contribution in [0.5, 0.6) is 0 Å². The fourth-order valence-corrected chi connectivity index (χ4v) is 2.31. The third-order valence-electron chi connectivity index (χ3n) is 3.30. The van der Waals surface area contributed by atoms with Crippen LogP contribution in [-0.4, -0.2) is 38.5 Å². The summed E-state index contributed by atoms with van der Waals surface area (Å²) in [5.41, 5.74) is 0.737. The number of carbonyl (C=O) groups excluding carboxylic acids is 1. The van der Waals surface area contributed by atoms with Gasteiger partial charge in [-0.3, -0.25) is 4.79 Å². The second kappa shape index (κ2) is 4.29. The maximum Gasteiger partial charge on any atom is 0.347 e. The number of aromatic nitrogens is 3. The number of nitrogens with one attached hydrogen (secondary N) is 1. The quantitative estimate of drug-likeness (QED) is 0.803. The summed E-state index contributed by atoms with van der Waals surface area (Å²) >= 11 is 0. The van der Waals surface area contributed by atoms with Crippen molar-refractivity contribution in [1.82, 2.24) is 19.5 Å². The second-order valence-electron chi connectivity index (χ2n) is 4.53. The van der Waals surface area contributed by atoms with Gasteiger partial charge in [-0.25, -0.2) is 14.3 Å². The van der Waals surface area contributed by atoms with Gasteiger partial charge in [-0.05, 0) is 31.4 Å². The van der Waals surface area contributed by atoms with E-state index in [1.54, 1.807) is 18.3 Å². The lowest BCUT2D eigenvalue weighted by Gasteiger charge is -2.26. The minimum Gasteiger partial charge on any atom is -0.339 e. The Balaban J connectivity index is 1.95. The minimum absolute atomic E-state index is 0.00954. The summed E-state index contributed by atoms with van der Waals surface area (Å²) in [7, 11) is 0. The molecule has 0 unspecified atom stereocenters. The zero-order valence-electron chi connectivity index (χ0n) is 9.93. The van der Waals surface area contributed by atoms with E-state index in [0.29, 0.717) is 11.2 Å². The molecule has 0 aromatic carbocycles. The Hall–Kier alpha value is -2.11. The number of hydrogen-bond acceptors (Lipinski definition) is 3. The van der Waals surface area contributed by atoms with Crippen LogP contribution < -0.4 is 5.69 Å². The molecule has 1 aliphatic heterocycles. The van der Waals surface area contributed by atoms with E-state index in [2.05, 4.69) is 10.2 Å². The van der Waals surface area contributed by atoms with Gasteiger partial charge in [-0.15, -0.1) is 0 Å². The van der Waals surface area contributed by atoms with Gasteiger partial charge in [-0.2, -0.15) is 5.10 Å². The van der Waals surface area contributed by atoms with Crippen LogP contribution in [0.15, 0.2) is 23.1 Å². The van der Waals surface area contributed by atoms with Gasteiger partial charge >= 0.3 is 5.69 Å². The Bertz CT molecular complexity index is 637. The number of hydrogen-bond donors (Lipinski definition) is 1. The molecule has 0 atom stereocenters. The van der Waals surface area contributed by atoms with E-state index in [4.69, 9.17) is 0 Å². The highest BCUT2D eigenvalue weighted by atomic mass is 16.2. The Morgan fingerprint density at radius 1 is 1.22 bits per heavy atom. The van der Waals surface area contributed by atoms with Gasteiger partial charge in [0.15, 0.2) is 5.65 Å². The summed E-state index contributed by atoms with van der Waals surface area (Å²) in [6.07, 6.45) is 4.85. The van der Waals surface area contributed by atoms with E-state index in [1.807, 2.05) is 4.90 Å². The molecule has 0 saturated carbocycles. The Labute approximate surface area is 103 Å². The lowest BCUT2D eigenvalue weighted by Crippen LogP contribution is -2.35. The molecule has 1 saturated heterocycles. The molecular weight excluding hydrogens is 232 g/mol. The van der Waals surface area contributed by atoms with Crippen LogP contribution in [0.1, 0.15) is 29.6 Å². The highest BCUT2D eigenvalue weighted by Crippen LogP contribution is 2.13. The number of carbonyl (C=O) groups is 1. The molecule has 18 heavy (non-hydrogen) atoms. The second-order valence-corrected chi connectivity index (χ2v) is 4.53. The van der Waals surface area contributed by atoms with Gasteiger partial charge in [0.05, 0.1) is 5.56 Å². The molecule has 1 aliphatic rings. The first-order valence-corrected chi connectivity index (χ1v) is 6.12. The monoisotopic (exact) mass is 246 g/mol. The van der Waals surface area contributed by atoms with Gasteiger partial charge < -0.3 is 4.90 Å². The van der Waals surface area contributed by atoms with Crippen molar-refractivity contribution in [2.45, 2.75) is 19.3 Å². The number of fused-ring (bicyclic) bond motifs is 1. The average molecular weight is 246 g/mol. The molecule has 0 radical (unpaired) electrons. The van der Waals surface area contributed by atoms with E-state index in [0.717, 1.165) is 25.9 Å². The molecule has 2 aromatic heterocycles. The van der Waals surface area contributed by atoms with Crippen LogP contribution >= 0.6 is 0 Å². The van der Waals surface area contributed by atoms with E-state index in [-0.39, 0.29) is 11.6 Å². The van der Waals surface area contributed by atoms with Crippen LogP contribution in [0, 0.1) is 0 Å². The lowest BCUT2D eigenvalue weighted by molar-refractivity contribution is 0.0724. The molecule has 0 bridgehead atoms. The van der Waals surface area contributed by atoms with Crippen LogP contribution in [-0.2, 0) is 0 Å². The number of likely N-dealkylation sites (tertiary alicyclic amines) is 1. The van der Waals surface area contributed by atoms with Crippen molar-refractivity contribution in [2.24, 2.45) is 0 Å². The van der Waals surface area contributed by atoms with E-state index < -0.39 is 0 Å². The van der Waals surface area contributed by atoms with Crippen LogP contribution in [0.4, 0.5) is 0 Å². The highest BCUT2D eigenvalue weighted by molar-refractivity contribution is 5.94. The fraction of sp³-hybridized carbons (Fsp3) is 0.417. The molecule has 6 heteroatoms. The molecular formula is C12H14N4O2.